The first-order valence-corrected chi connectivity index (χ1v) is 5.54. The molecule has 0 aliphatic heterocycles. The van der Waals surface area contributed by atoms with Crippen molar-refractivity contribution in [3.8, 4) is 6.07 Å². The van der Waals surface area contributed by atoms with Crippen LogP contribution in [0.25, 0.3) is 0 Å². The second-order valence-electron chi connectivity index (χ2n) is 4.26. The van der Waals surface area contributed by atoms with E-state index in [1.807, 2.05) is 0 Å². The standard InChI is InChI=1S/C13H17FN2O/c1-9(7-15)8-16(3)12-6-4-5-11(14)13(12)10(2)17/h4-6,9-10,17H,8H2,1-3H3/t9?,10-/m1/s1. The lowest BCUT2D eigenvalue weighted by Gasteiger charge is -2.24. The van der Waals surface area contributed by atoms with Crippen LogP contribution in [0.4, 0.5) is 10.1 Å². The fourth-order valence-corrected chi connectivity index (χ4v) is 1.82. The Morgan fingerprint density at radius 1 is 1.47 bits per heavy atom. The number of hydrogen-bond acceptors (Lipinski definition) is 3. The Kier molecular flexibility index (Phi) is 4.47. The summed E-state index contributed by atoms with van der Waals surface area (Å²) in [5.41, 5.74) is 0.905. The fraction of sp³-hybridized carbons (Fsp3) is 0.462. The molecule has 0 aromatic heterocycles. The highest BCUT2D eigenvalue weighted by atomic mass is 19.1. The average molecular weight is 236 g/mol. The van der Waals surface area contributed by atoms with Gasteiger partial charge in [-0.25, -0.2) is 4.39 Å². The molecular formula is C13H17FN2O. The molecule has 4 heteroatoms. The molecule has 2 atom stereocenters. The number of anilines is 1. The Morgan fingerprint density at radius 3 is 2.65 bits per heavy atom. The molecule has 92 valence electrons. The Labute approximate surface area is 101 Å². The van der Waals surface area contributed by atoms with Gasteiger partial charge in [-0.15, -0.1) is 0 Å². The second-order valence-corrected chi connectivity index (χ2v) is 4.26. The first-order valence-electron chi connectivity index (χ1n) is 5.54. The lowest BCUT2D eigenvalue weighted by Crippen LogP contribution is -2.25. The molecule has 0 radical (unpaired) electrons. The summed E-state index contributed by atoms with van der Waals surface area (Å²) < 4.78 is 13.6. The van der Waals surface area contributed by atoms with E-state index in [1.165, 1.54) is 13.0 Å². The zero-order chi connectivity index (χ0) is 13.0. The lowest BCUT2D eigenvalue weighted by atomic mass is 10.1. The Bertz CT molecular complexity index is 426. The first kappa shape index (κ1) is 13.5. The van der Waals surface area contributed by atoms with Crippen LogP contribution < -0.4 is 4.90 Å². The van der Waals surface area contributed by atoms with E-state index in [-0.39, 0.29) is 11.5 Å². The largest absolute Gasteiger partial charge is 0.389 e. The highest BCUT2D eigenvalue weighted by Gasteiger charge is 2.17. The van der Waals surface area contributed by atoms with E-state index in [2.05, 4.69) is 6.07 Å². The van der Waals surface area contributed by atoms with E-state index >= 15 is 0 Å². The van der Waals surface area contributed by atoms with E-state index in [9.17, 15) is 9.50 Å². The minimum atomic E-state index is -0.869. The van der Waals surface area contributed by atoms with Gasteiger partial charge in [-0.2, -0.15) is 5.26 Å². The van der Waals surface area contributed by atoms with E-state index < -0.39 is 11.9 Å². The highest BCUT2D eigenvalue weighted by Crippen LogP contribution is 2.28. The third-order valence-electron chi connectivity index (χ3n) is 2.63. The van der Waals surface area contributed by atoms with E-state index in [4.69, 9.17) is 5.26 Å². The number of aliphatic hydroxyl groups excluding tert-OH is 1. The van der Waals surface area contributed by atoms with Gasteiger partial charge in [-0.05, 0) is 26.0 Å². The van der Waals surface area contributed by atoms with Gasteiger partial charge < -0.3 is 10.0 Å². The summed E-state index contributed by atoms with van der Waals surface area (Å²) in [5, 5.41) is 18.4. The van der Waals surface area contributed by atoms with Crippen molar-refractivity contribution < 1.29 is 9.50 Å². The topological polar surface area (TPSA) is 47.3 Å². The number of nitriles is 1. The van der Waals surface area contributed by atoms with Crippen molar-refractivity contribution >= 4 is 5.69 Å². The summed E-state index contributed by atoms with van der Waals surface area (Å²) >= 11 is 0. The third kappa shape index (κ3) is 3.18. The molecule has 0 saturated heterocycles. The van der Waals surface area contributed by atoms with Crippen LogP contribution in [0.5, 0.6) is 0 Å². The molecule has 0 bridgehead atoms. The summed E-state index contributed by atoms with van der Waals surface area (Å²) in [6.45, 7) is 3.83. The van der Waals surface area contributed by atoms with Gasteiger partial charge in [-0.1, -0.05) is 6.07 Å². The number of halogens is 1. The zero-order valence-electron chi connectivity index (χ0n) is 10.3. The van der Waals surface area contributed by atoms with Crippen LogP contribution >= 0.6 is 0 Å². The molecule has 0 fully saturated rings. The maximum atomic E-state index is 13.6. The summed E-state index contributed by atoms with van der Waals surface area (Å²) in [4.78, 5) is 1.79. The van der Waals surface area contributed by atoms with E-state index in [0.29, 0.717) is 12.2 Å². The zero-order valence-corrected chi connectivity index (χ0v) is 10.3. The van der Waals surface area contributed by atoms with Crippen molar-refractivity contribution in [2.75, 3.05) is 18.5 Å². The maximum absolute atomic E-state index is 13.6. The van der Waals surface area contributed by atoms with Gasteiger partial charge in [-0.3, -0.25) is 0 Å². The minimum absolute atomic E-state index is 0.148. The van der Waals surface area contributed by atoms with Crippen LogP contribution in [0.3, 0.4) is 0 Å². The molecular weight excluding hydrogens is 219 g/mol. The average Bonchev–Trinajstić information content (AvgIpc) is 2.27. The first-order chi connectivity index (χ1) is 7.97. The smallest absolute Gasteiger partial charge is 0.131 e. The second kappa shape index (κ2) is 5.65. The molecule has 17 heavy (non-hydrogen) atoms. The van der Waals surface area contributed by atoms with Crippen LogP contribution in [0.2, 0.25) is 0 Å². The van der Waals surface area contributed by atoms with Crippen LogP contribution in [0.1, 0.15) is 25.5 Å². The van der Waals surface area contributed by atoms with Crippen LogP contribution in [-0.4, -0.2) is 18.7 Å². The molecule has 0 aliphatic rings. The Hall–Kier alpha value is -1.60. The molecule has 0 saturated carbocycles. The molecule has 0 spiro atoms. The SMILES string of the molecule is CC(C#N)CN(C)c1cccc(F)c1[C@@H](C)O. The van der Waals surface area contributed by atoms with Crippen molar-refractivity contribution in [2.45, 2.75) is 20.0 Å². The molecule has 1 aromatic rings. The van der Waals surface area contributed by atoms with Gasteiger partial charge in [0.2, 0.25) is 0 Å². The quantitative estimate of drug-likeness (QED) is 0.873. The lowest BCUT2D eigenvalue weighted by molar-refractivity contribution is 0.194. The third-order valence-corrected chi connectivity index (χ3v) is 2.63. The normalized spacial score (nSPS) is 13.9. The van der Waals surface area contributed by atoms with Gasteiger partial charge in [0.1, 0.15) is 5.82 Å². The predicted octanol–water partition coefficient (Wildman–Crippen LogP) is 2.47. The summed E-state index contributed by atoms with van der Waals surface area (Å²) in [6, 6.07) is 6.80. The van der Waals surface area contributed by atoms with Crippen molar-refractivity contribution in [1.82, 2.24) is 0 Å². The van der Waals surface area contributed by atoms with Gasteiger partial charge in [0.05, 0.1) is 18.1 Å². The number of hydrogen-bond donors (Lipinski definition) is 1. The van der Waals surface area contributed by atoms with Crippen LogP contribution in [0.15, 0.2) is 18.2 Å². The van der Waals surface area contributed by atoms with E-state index in [1.54, 1.807) is 31.0 Å². The van der Waals surface area contributed by atoms with Gasteiger partial charge in [0.15, 0.2) is 0 Å². The molecule has 1 aromatic carbocycles. The molecule has 0 amide bonds. The molecule has 1 N–H and O–H groups in total. The van der Waals surface area contributed by atoms with Crippen molar-refractivity contribution in [1.29, 1.82) is 5.26 Å². The summed E-state index contributed by atoms with van der Waals surface area (Å²) in [7, 11) is 1.79. The van der Waals surface area contributed by atoms with Crippen molar-refractivity contribution in [3.63, 3.8) is 0 Å². The van der Waals surface area contributed by atoms with Crippen molar-refractivity contribution in [3.05, 3.63) is 29.6 Å². The molecule has 0 aliphatic carbocycles. The summed E-state index contributed by atoms with van der Waals surface area (Å²) in [5.74, 6) is -0.570. The molecule has 1 unspecified atom stereocenters. The van der Waals surface area contributed by atoms with E-state index in [0.717, 1.165) is 0 Å². The molecule has 0 heterocycles. The van der Waals surface area contributed by atoms with Gasteiger partial charge in [0.25, 0.3) is 0 Å². The van der Waals surface area contributed by atoms with Gasteiger partial charge >= 0.3 is 0 Å². The Morgan fingerprint density at radius 2 is 2.12 bits per heavy atom. The highest BCUT2D eigenvalue weighted by molar-refractivity contribution is 5.54. The van der Waals surface area contributed by atoms with Crippen LogP contribution in [-0.2, 0) is 0 Å². The molecule has 1 rings (SSSR count). The summed E-state index contributed by atoms with van der Waals surface area (Å²) in [6.07, 6.45) is -0.869. The number of nitrogens with zero attached hydrogens (tertiary/aromatic N) is 2. The predicted molar refractivity (Wildman–Crippen MR) is 65.1 cm³/mol. The Balaban J connectivity index is 3.05. The van der Waals surface area contributed by atoms with Crippen molar-refractivity contribution in [2.24, 2.45) is 5.92 Å². The molecule has 3 nitrogen and oxygen atoms in total. The van der Waals surface area contributed by atoms with Gasteiger partial charge in [0, 0.05) is 24.8 Å². The number of aliphatic hydroxyl groups is 1. The minimum Gasteiger partial charge on any atom is -0.389 e. The monoisotopic (exact) mass is 236 g/mol. The number of rotatable bonds is 4. The fourth-order valence-electron chi connectivity index (χ4n) is 1.82. The van der Waals surface area contributed by atoms with Crippen LogP contribution in [0, 0.1) is 23.1 Å². The maximum Gasteiger partial charge on any atom is 0.131 e. The number of benzene rings is 1.